The molecule has 0 amide bonds. The van der Waals surface area contributed by atoms with Crippen LogP contribution in [0.15, 0.2) is 24.7 Å². The van der Waals surface area contributed by atoms with Crippen molar-refractivity contribution in [1.82, 2.24) is 9.97 Å². The highest BCUT2D eigenvalue weighted by atomic mass is 35.5. The van der Waals surface area contributed by atoms with Crippen LogP contribution in [0.2, 0.25) is 5.02 Å². The number of benzene rings is 1. The number of aromatic amines is 1. The Morgan fingerprint density at radius 2 is 2.29 bits per heavy atom. The first-order chi connectivity index (χ1) is 8.16. The highest BCUT2D eigenvalue weighted by Crippen LogP contribution is 2.26. The molecule has 4 N–H and O–H groups in total. The van der Waals surface area contributed by atoms with Crippen LogP contribution in [0.3, 0.4) is 0 Å². The first kappa shape index (κ1) is 11.7. The molecule has 2 rings (SSSR count). The van der Waals surface area contributed by atoms with Crippen molar-refractivity contribution in [2.75, 3.05) is 17.6 Å². The molecule has 6 heteroatoms. The summed E-state index contributed by atoms with van der Waals surface area (Å²) in [5.74, 6) is -0.511. The highest BCUT2D eigenvalue weighted by Gasteiger charge is 2.05. The summed E-state index contributed by atoms with van der Waals surface area (Å²) in [5.41, 5.74) is 7.67. The van der Waals surface area contributed by atoms with Gasteiger partial charge in [-0.05, 0) is 6.07 Å². The third-order valence-electron chi connectivity index (χ3n) is 2.36. The Labute approximate surface area is 103 Å². The Hall–Kier alpha value is -1.75. The second-order valence-electron chi connectivity index (χ2n) is 3.61. The SMILES string of the molecule is Nc1cc(F)c(Cl)cc1NCCc1cnc[nH]1. The minimum Gasteiger partial charge on any atom is -0.397 e. The molecule has 4 nitrogen and oxygen atoms in total. The van der Waals surface area contributed by atoms with E-state index in [0.717, 1.165) is 12.1 Å². The predicted octanol–water partition coefficient (Wildman–Crippen LogP) is 2.44. The van der Waals surface area contributed by atoms with E-state index in [1.807, 2.05) is 0 Å². The van der Waals surface area contributed by atoms with Gasteiger partial charge in [-0.1, -0.05) is 11.6 Å². The summed E-state index contributed by atoms with van der Waals surface area (Å²) < 4.78 is 13.1. The lowest BCUT2D eigenvalue weighted by atomic mass is 10.2. The zero-order valence-electron chi connectivity index (χ0n) is 9.00. The van der Waals surface area contributed by atoms with E-state index in [4.69, 9.17) is 17.3 Å². The van der Waals surface area contributed by atoms with Gasteiger partial charge in [-0.25, -0.2) is 9.37 Å². The van der Waals surface area contributed by atoms with E-state index < -0.39 is 5.82 Å². The zero-order chi connectivity index (χ0) is 12.3. The van der Waals surface area contributed by atoms with Gasteiger partial charge < -0.3 is 16.0 Å². The number of nitrogens with one attached hydrogen (secondary N) is 2. The summed E-state index contributed by atoms with van der Waals surface area (Å²) in [7, 11) is 0. The quantitative estimate of drug-likeness (QED) is 0.734. The van der Waals surface area contributed by atoms with Crippen LogP contribution < -0.4 is 11.1 Å². The van der Waals surface area contributed by atoms with E-state index in [1.165, 1.54) is 12.1 Å². The average molecular weight is 255 g/mol. The number of nitrogens with zero attached hydrogens (tertiary/aromatic N) is 1. The van der Waals surface area contributed by atoms with Crippen molar-refractivity contribution in [2.24, 2.45) is 0 Å². The monoisotopic (exact) mass is 254 g/mol. The van der Waals surface area contributed by atoms with Crippen molar-refractivity contribution in [3.8, 4) is 0 Å². The Morgan fingerprint density at radius 1 is 1.47 bits per heavy atom. The van der Waals surface area contributed by atoms with E-state index in [0.29, 0.717) is 17.9 Å². The van der Waals surface area contributed by atoms with Crippen molar-refractivity contribution in [2.45, 2.75) is 6.42 Å². The number of imidazole rings is 1. The van der Waals surface area contributed by atoms with E-state index in [2.05, 4.69) is 15.3 Å². The number of rotatable bonds is 4. The molecule has 0 spiro atoms. The molecule has 0 radical (unpaired) electrons. The topological polar surface area (TPSA) is 66.7 Å². The lowest BCUT2D eigenvalue weighted by Gasteiger charge is -2.09. The summed E-state index contributed by atoms with van der Waals surface area (Å²) in [6.07, 6.45) is 4.15. The number of aromatic nitrogens is 2. The van der Waals surface area contributed by atoms with Crippen molar-refractivity contribution in [3.05, 3.63) is 41.2 Å². The Kier molecular flexibility index (Phi) is 3.49. The van der Waals surface area contributed by atoms with Gasteiger partial charge in [0.1, 0.15) is 5.82 Å². The number of hydrogen-bond donors (Lipinski definition) is 3. The minimum absolute atomic E-state index is 0.0586. The molecule has 0 unspecified atom stereocenters. The largest absolute Gasteiger partial charge is 0.397 e. The molecule has 90 valence electrons. The molecule has 0 aliphatic rings. The molecule has 1 aromatic carbocycles. The van der Waals surface area contributed by atoms with Gasteiger partial charge in [0, 0.05) is 30.9 Å². The molecule has 1 heterocycles. The molecule has 0 aliphatic carbocycles. The molecular formula is C11H12ClFN4. The molecule has 0 fully saturated rings. The van der Waals surface area contributed by atoms with E-state index in [1.54, 1.807) is 12.5 Å². The van der Waals surface area contributed by atoms with Gasteiger partial charge in [-0.15, -0.1) is 0 Å². The average Bonchev–Trinajstić information content (AvgIpc) is 2.78. The number of hydrogen-bond acceptors (Lipinski definition) is 3. The lowest BCUT2D eigenvalue weighted by molar-refractivity contribution is 0.629. The normalized spacial score (nSPS) is 10.5. The third kappa shape index (κ3) is 2.88. The molecule has 1 aromatic heterocycles. The van der Waals surface area contributed by atoms with Crippen LogP contribution in [0.4, 0.5) is 15.8 Å². The van der Waals surface area contributed by atoms with E-state index in [9.17, 15) is 4.39 Å². The van der Waals surface area contributed by atoms with E-state index in [-0.39, 0.29) is 5.02 Å². The third-order valence-corrected chi connectivity index (χ3v) is 2.65. The van der Waals surface area contributed by atoms with Crippen molar-refractivity contribution < 1.29 is 4.39 Å². The minimum atomic E-state index is -0.511. The van der Waals surface area contributed by atoms with Crippen LogP contribution in [-0.4, -0.2) is 16.5 Å². The van der Waals surface area contributed by atoms with Crippen LogP contribution in [0.1, 0.15) is 5.69 Å². The zero-order valence-corrected chi connectivity index (χ0v) is 9.76. The first-order valence-corrected chi connectivity index (χ1v) is 5.50. The first-order valence-electron chi connectivity index (χ1n) is 5.12. The van der Waals surface area contributed by atoms with Crippen LogP contribution in [0, 0.1) is 5.82 Å². The predicted molar refractivity (Wildman–Crippen MR) is 66.6 cm³/mol. The summed E-state index contributed by atoms with van der Waals surface area (Å²) in [6.45, 7) is 0.661. The van der Waals surface area contributed by atoms with Crippen LogP contribution in [0.5, 0.6) is 0 Å². The maximum atomic E-state index is 13.1. The highest BCUT2D eigenvalue weighted by molar-refractivity contribution is 6.31. The van der Waals surface area contributed by atoms with Crippen molar-refractivity contribution in [3.63, 3.8) is 0 Å². The molecular weight excluding hydrogens is 243 g/mol. The van der Waals surface area contributed by atoms with Crippen LogP contribution in [-0.2, 0) is 6.42 Å². The molecule has 2 aromatic rings. The lowest BCUT2D eigenvalue weighted by Crippen LogP contribution is -2.07. The molecule has 0 atom stereocenters. The van der Waals surface area contributed by atoms with Gasteiger partial charge in [0.2, 0.25) is 0 Å². The van der Waals surface area contributed by atoms with Crippen molar-refractivity contribution in [1.29, 1.82) is 0 Å². The summed E-state index contributed by atoms with van der Waals surface area (Å²) in [4.78, 5) is 6.90. The van der Waals surface area contributed by atoms with Gasteiger partial charge in [-0.2, -0.15) is 0 Å². The van der Waals surface area contributed by atoms with Gasteiger partial charge in [0.25, 0.3) is 0 Å². The molecule has 17 heavy (non-hydrogen) atoms. The van der Waals surface area contributed by atoms with Gasteiger partial charge >= 0.3 is 0 Å². The summed E-state index contributed by atoms with van der Waals surface area (Å²) in [6, 6.07) is 2.69. The number of nitrogens with two attached hydrogens (primary N) is 1. The standard InChI is InChI=1S/C11H12ClFN4/c12-8-3-11(10(14)4-9(8)13)16-2-1-7-5-15-6-17-7/h3-6,16H,1-2,14H2,(H,15,17). The van der Waals surface area contributed by atoms with E-state index >= 15 is 0 Å². The second kappa shape index (κ2) is 5.05. The molecule has 0 saturated carbocycles. The fourth-order valence-corrected chi connectivity index (χ4v) is 1.63. The van der Waals surface area contributed by atoms with Gasteiger partial charge in [0.15, 0.2) is 0 Å². The number of nitrogen functional groups attached to an aromatic ring is 1. The van der Waals surface area contributed by atoms with Crippen molar-refractivity contribution >= 4 is 23.0 Å². The maximum absolute atomic E-state index is 13.1. The number of anilines is 2. The van der Waals surface area contributed by atoms with Gasteiger partial charge in [0.05, 0.1) is 22.7 Å². The fraction of sp³-hybridized carbons (Fsp3) is 0.182. The molecule has 0 bridgehead atoms. The Bertz CT molecular complexity index is 498. The second-order valence-corrected chi connectivity index (χ2v) is 4.01. The maximum Gasteiger partial charge on any atom is 0.143 e. The summed E-state index contributed by atoms with van der Waals surface area (Å²) >= 11 is 5.68. The number of halogens is 2. The van der Waals surface area contributed by atoms with Crippen LogP contribution in [0.25, 0.3) is 0 Å². The Balaban J connectivity index is 1.97. The summed E-state index contributed by atoms with van der Waals surface area (Å²) in [5, 5.41) is 3.15. The molecule has 0 saturated heterocycles. The van der Waals surface area contributed by atoms with Gasteiger partial charge in [-0.3, -0.25) is 0 Å². The number of H-pyrrole nitrogens is 1. The van der Waals surface area contributed by atoms with Crippen LogP contribution >= 0.6 is 11.6 Å². The fourth-order valence-electron chi connectivity index (χ4n) is 1.47. The Morgan fingerprint density at radius 3 is 3.00 bits per heavy atom. The smallest absolute Gasteiger partial charge is 0.143 e. The molecule has 0 aliphatic heterocycles.